The number of amides is 2. The number of urea groups is 1. The fraction of sp³-hybridized carbons (Fsp3) is 0.333. The molecule has 0 aromatic heterocycles. The highest BCUT2D eigenvalue weighted by Gasteiger charge is 2.26. The minimum absolute atomic E-state index is 0.0591. The van der Waals surface area contributed by atoms with E-state index in [1.807, 2.05) is 0 Å². The molecule has 2 aliphatic carbocycles. The number of hydrogen-bond donors (Lipinski definition) is 2. The summed E-state index contributed by atoms with van der Waals surface area (Å²) in [5, 5.41) is 2.81. The monoisotopic (exact) mass is 398 g/mol. The van der Waals surface area contributed by atoms with Gasteiger partial charge in [-0.2, -0.15) is 0 Å². The van der Waals surface area contributed by atoms with Gasteiger partial charge in [-0.15, -0.1) is 0 Å². The Bertz CT molecular complexity index is 1040. The zero-order chi connectivity index (χ0) is 19.9. The third-order valence-corrected chi connectivity index (χ3v) is 6.86. The summed E-state index contributed by atoms with van der Waals surface area (Å²) in [6, 6.07) is 7.01. The Labute approximate surface area is 164 Å². The molecule has 0 aliphatic heterocycles. The summed E-state index contributed by atoms with van der Waals surface area (Å²) in [5.74, 6) is -0.151. The fourth-order valence-electron chi connectivity index (χ4n) is 4.16. The Morgan fingerprint density at radius 2 is 1.46 bits per heavy atom. The van der Waals surface area contributed by atoms with Crippen LogP contribution in [0.4, 0.5) is 10.5 Å². The number of Topliss-reactive ketones (excluding diaryl/α,β-unsaturated/α-hetero) is 1. The Kier molecular flexibility index (Phi) is 4.71. The van der Waals surface area contributed by atoms with Crippen LogP contribution in [0.25, 0.3) is 0 Å². The van der Waals surface area contributed by atoms with E-state index in [2.05, 4.69) is 16.1 Å². The smallest absolute Gasteiger partial charge is 0.307 e. The van der Waals surface area contributed by atoms with Crippen molar-refractivity contribution in [2.45, 2.75) is 50.3 Å². The van der Waals surface area contributed by atoms with Gasteiger partial charge in [0.25, 0.3) is 10.0 Å². The molecule has 0 bridgehead atoms. The molecule has 2 amide bonds. The number of carbonyl (C=O) groups excluding carboxylic acids is 2. The second kappa shape index (κ2) is 7.05. The number of benzene rings is 2. The summed E-state index contributed by atoms with van der Waals surface area (Å²) >= 11 is 0. The topological polar surface area (TPSA) is 92.3 Å². The van der Waals surface area contributed by atoms with Gasteiger partial charge in [-0.1, -0.05) is 18.2 Å². The summed E-state index contributed by atoms with van der Waals surface area (Å²) < 4.78 is 27.1. The molecule has 0 heterocycles. The lowest BCUT2D eigenvalue weighted by Gasteiger charge is -2.16. The molecule has 2 N–H and O–H groups in total. The number of aryl methyl sites for hydroxylation is 2. The van der Waals surface area contributed by atoms with Crippen LogP contribution in [0, 0.1) is 0 Å². The first kappa shape index (κ1) is 18.7. The zero-order valence-corrected chi connectivity index (χ0v) is 16.5. The van der Waals surface area contributed by atoms with Gasteiger partial charge < -0.3 is 5.32 Å². The van der Waals surface area contributed by atoms with Crippen molar-refractivity contribution in [3.8, 4) is 0 Å². The van der Waals surface area contributed by atoms with Crippen LogP contribution >= 0.6 is 0 Å². The minimum Gasteiger partial charge on any atom is -0.307 e. The molecule has 7 heteroatoms. The maximum Gasteiger partial charge on any atom is 0.333 e. The third-order valence-electron chi connectivity index (χ3n) is 5.51. The average molecular weight is 398 g/mol. The summed E-state index contributed by atoms with van der Waals surface area (Å²) in [6.45, 7) is 1.41. The predicted octanol–water partition coefficient (Wildman–Crippen LogP) is 3.38. The van der Waals surface area contributed by atoms with Gasteiger partial charge in [0.15, 0.2) is 5.78 Å². The molecule has 6 nitrogen and oxygen atoms in total. The lowest BCUT2D eigenvalue weighted by molar-refractivity contribution is 0.101. The van der Waals surface area contributed by atoms with Gasteiger partial charge in [0.05, 0.1) is 4.90 Å². The van der Waals surface area contributed by atoms with Crippen LogP contribution in [-0.4, -0.2) is 20.2 Å². The van der Waals surface area contributed by atoms with E-state index < -0.39 is 16.1 Å². The molecule has 146 valence electrons. The largest absolute Gasteiger partial charge is 0.333 e. The molecule has 0 radical (unpaired) electrons. The molecule has 28 heavy (non-hydrogen) atoms. The molecule has 0 saturated carbocycles. The Morgan fingerprint density at radius 3 is 2.00 bits per heavy atom. The Hall–Kier alpha value is -2.67. The molecule has 2 aliphatic rings. The van der Waals surface area contributed by atoms with Crippen LogP contribution < -0.4 is 10.0 Å². The van der Waals surface area contributed by atoms with Crippen LogP contribution in [0.1, 0.15) is 52.4 Å². The maximum atomic E-state index is 12.5. The Balaban J connectivity index is 1.56. The summed E-state index contributed by atoms with van der Waals surface area (Å²) in [4.78, 5) is 23.8. The van der Waals surface area contributed by atoms with E-state index >= 15 is 0 Å². The van der Waals surface area contributed by atoms with Gasteiger partial charge in [-0.25, -0.2) is 17.9 Å². The quantitative estimate of drug-likeness (QED) is 0.773. The number of ketones is 1. The van der Waals surface area contributed by atoms with Crippen LogP contribution in [0.2, 0.25) is 0 Å². The highest BCUT2D eigenvalue weighted by atomic mass is 32.2. The summed E-state index contributed by atoms with van der Waals surface area (Å²) in [6.07, 6.45) is 5.90. The molecule has 0 unspecified atom stereocenters. The van der Waals surface area contributed by atoms with Gasteiger partial charge in [0.2, 0.25) is 0 Å². The number of fused-ring (bicyclic) bond motifs is 2. The summed E-state index contributed by atoms with van der Waals surface area (Å²) in [7, 11) is -4.02. The first-order valence-electron chi connectivity index (χ1n) is 9.46. The van der Waals surface area contributed by atoms with Crippen molar-refractivity contribution in [3.63, 3.8) is 0 Å². The van der Waals surface area contributed by atoms with Crippen LogP contribution in [0.15, 0.2) is 35.2 Å². The molecule has 2 aromatic rings. The van der Waals surface area contributed by atoms with Gasteiger partial charge in [-0.3, -0.25) is 4.79 Å². The SMILES string of the molecule is CC(=O)c1ccc(S(=O)(=O)NC(=O)Nc2c3c(cc4c2CCC4)CCC3)cc1. The number of carbonyl (C=O) groups is 2. The first-order chi connectivity index (χ1) is 13.3. The van der Waals surface area contributed by atoms with E-state index in [4.69, 9.17) is 0 Å². The van der Waals surface area contributed by atoms with Crippen molar-refractivity contribution in [1.29, 1.82) is 0 Å². The van der Waals surface area contributed by atoms with Crippen LogP contribution in [0.3, 0.4) is 0 Å². The van der Waals surface area contributed by atoms with E-state index in [0.29, 0.717) is 5.56 Å². The van der Waals surface area contributed by atoms with Crippen molar-refractivity contribution in [1.82, 2.24) is 4.72 Å². The lowest BCUT2D eigenvalue weighted by Crippen LogP contribution is -2.35. The number of nitrogens with one attached hydrogen (secondary N) is 2. The van der Waals surface area contributed by atoms with Gasteiger partial charge in [-0.05, 0) is 79.8 Å². The van der Waals surface area contributed by atoms with E-state index in [1.54, 1.807) is 0 Å². The van der Waals surface area contributed by atoms with E-state index in [-0.39, 0.29) is 10.7 Å². The second-order valence-corrected chi connectivity index (χ2v) is 9.06. The van der Waals surface area contributed by atoms with Crippen LogP contribution in [0.5, 0.6) is 0 Å². The zero-order valence-electron chi connectivity index (χ0n) is 15.7. The van der Waals surface area contributed by atoms with Gasteiger partial charge in [0, 0.05) is 11.3 Å². The van der Waals surface area contributed by atoms with Crippen molar-refractivity contribution in [3.05, 3.63) is 58.1 Å². The predicted molar refractivity (Wildman–Crippen MR) is 106 cm³/mol. The van der Waals surface area contributed by atoms with Crippen molar-refractivity contribution in [2.75, 3.05) is 5.32 Å². The number of rotatable bonds is 4. The molecule has 0 spiro atoms. The van der Waals surface area contributed by atoms with E-state index in [1.165, 1.54) is 42.3 Å². The van der Waals surface area contributed by atoms with Gasteiger partial charge >= 0.3 is 6.03 Å². The van der Waals surface area contributed by atoms with Crippen molar-refractivity contribution in [2.24, 2.45) is 0 Å². The molecular weight excluding hydrogens is 376 g/mol. The number of anilines is 1. The lowest BCUT2D eigenvalue weighted by atomic mass is 9.99. The third kappa shape index (κ3) is 3.42. The standard InChI is InChI=1S/C21H22N2O4S/c1-13(24)14-8-10-17(11-9-14)28(26,27)23-21(25)22-20-18-6-2-4-15(18)12-16-5-3-7-19(16)20/h8-12H,2-7H2,1H3,(H2,22,23,25). The highest BCUT2D eigenvalue weighted by Crippen LogP contribution is 2.38. The first-order valence-corrected chi connectivity index (χ1v) is 10.9. The van der Waals surface area contributed by atoms with Crippen molar-refractivity contribution < 1.29 is 18.0 Å². The fourth-order valence-corrected chi connectivity index (χ4v) is 5.06. The molecule has 0 saturated heterocycles. The Morgan fingerprint density at radius 1 is 0.893 bits per heavy atom. The van der Waals surface area contributed by atoms with Crippen LogP contribution in [-0.2, 0) is 35.7 Å². The maximum absolute atomic E-state index is 12.5. The second-order valence-electron chi connectivity index (χ2n) is 7.37. The minimum atomic E-state index is -4.02. The van der Waals surface area contributed by atoms with Gasteiger partial charge in [0.1, 0.15) is 0 Å². The van der Waals surface area contributed by atoms with E-state index in [9.17, 15) is 18.0 Å². The molecule has 2 aromatic carbocycles. The normalized spacial score (nSPS) is 15.0. The molecule has 4 rings (SSSR count). The van der Waals surface area contributed by atoms with E-state index in [0.717, 1.165) is 55.3 Å². The number of sulfonamides is 1. The molecular formula is C21H22N2O4S. The summed E-state index contributed by atoms with van der Waals surface area (Å²) in [5.41, 5.74) is 6.01. The molecule has 0 atom stereocenters. The molecule has 0 fully saturated rings. The number of hydrogen-bond acceptors (Lipinski definition) is 4. The highest BCUT2D eigenvalue weighted by molar-refractivity contribution is 7.90. The average Bonchev–Trinajstić information content (AvgIpc) is 3.30. The van der Waals surface area contributed by atoms with Crippen molar-refractivity contribution >= 4 is 27.5 Å².